The van der Waals surface area contributed by atoms with Crippen molar-refractivity contribution in [3.63, 3.8) is 0 Å². The smallest absolute Gasteiger partial charge is 0.363 e. The van der Waals surface area contributed by atoms with Crippen LogP contribution in [-0.2, 0) is 18.5 Å². The number of ether oxygens (including phenoxy) is 1. The Bertz CT molecular complexity index is 353. The maximum Gasteiger partial charge on any atom is 0.363 e. The van der Waals surface area contributed by atoms with Gasteiger partial charge in [-0.3, -0.25) is 0 Å². The van der Waals surface area contributed by atoms with E-state index in [2.05, 4.69) is 16.5 Å². The minimum Gasteiger partial charge on any atom is -0.543 e. The van der Waals surface area contributed by atoms with E-state index in [1.807, 2.05) is 39.3 Å². The Morgan fingerprint density at radius 3 is 1.89 bits per heavy atom. The fourth-order valence-electron chi connectivity index (χ4n) is 0.899. The predicted octanol–water partition coefficient (Wildman–Crippen LogP) is 2.73. The second kappa shape index (κ2) is 6.19. The van der Waals surface area contributed by atoms with Crippen LogP contribution < -0.4 is 0 Å². The van der Waals surface area contributed by atoms with Crippen LogP contribution in [-0.4, -0.2) is 35.4 Å². The van der Waals surface area contributed by atoms with Crippen molar-refractivity contribution in [3.8, 4) is 0 Å². The second-order valence-electron chi connectivity index (χ2n) is 5.77. The summed E-state index contributed by atoms with van der Waals surface area (Å²) in [5, 5.41) is 3.85. The average Bonchev–Trinajstić information content (AvgIpc) is 2.12. The zero-order chi connectivity index (χ0) is 14.6. The van der Waals surface area contributed by atoms with Crippen molar-refractivity contribution in [1.82, 2.24) is 0 Å². The lowest BCUT2D eigenvalue weighted by Crippen LogP contribution is -2.31. The van der Waals surface area contributed by atoms with Crippen LogP contribution in [0.1, 0.15) is 0 Å². The Morgan fingerprint density at radius 2 is 1.56 bits per heavy atom. The molecule has 0 fully saturated rings. The van der Waals surface area contributed by atoms with Crippen molar-refractivity contribution in [3.05, 3.63) is 12.3 Å². The number of carbonyl (C=O) groups is 1. The minimum atomic E-state index is -1.86. The Morgan fingerprint density at radius 1 is 1.06 bits per heavy atom. The molecule has 0 spiro atoms. The summed E-state index contributed by atoms with van der Waals surface area (Å²) in [5.41, 5.74) is 0.00218. The molecular formula is C11H23NO4Si2. The summed E-state index contributed by atoms with van der Waals surface area (Å²) in [7, 11) is -2.43. The van der Waals surface area contributed by atoms with Crippen LogP contribution in [0, 0.1) is 0 Å². The van der Waals surface area contributed by atoms with Gasteiger partial charge in [-0.2, -0.15) is 0 Å². The molecule has 0 saturated heterocycles. The van der Waals surface area contributed by atoms with E-state index in [9.17, 15) is 4.79 Å². The van der Waals surface area contributed by atoms with E-state index in [1.165, 1.54) is 7.11 Å². The van der Waals surface area contributed by atoms with Gasteiger partial charge >= 0.3 is 5.97 Å². The highest BCUT2D eigenvalue weighted by molar-refractivity contribution is 6.71. The van der Waals surface area contributed by atoms with Crippen molar-refractivity contribution in [2.24, 2.45) is 5.16 Å². The monoisotopic (exact) mass is 289 g/mol. The van der Waals surface area contributed by atoms with Gasteiger partial charge in [0.15, 0.2) is 0 Å². The number of oxime groups is 1. The van der Waals surface area contributed by atoms with Gasteiger partial charge < -0.3 is 13.7 Å². The number of hydrogen-bond donors (Lipinski definition) is 0. The number of esters is 1. The first-order chi connectivity index (χ1) is 7.96. The summed E-state index contributed by atoms with van der Waals surface area (Å²) in [5.74, 6) is -0.393. The van der Waals surface area contributed by atoms with Crippen molar-refractivity contribution in [2.45, 2.75) is 39.3 Å². The molecule has 0 aromatic carbocycles. The van der Waals surface area contributed by atoms with Gasteiger partial charge in [0.05, 0.1) is 7.11 Å². The molecule has 0 aliphatic heterocycles. The summed E-state index contributed by atoms with van der Waals surface area (Å²) in [4.78, 5) is 11.6. The molecule has 18 heavy (non-hydrogen) atoms. The van der Waals surface area contributed by atoms with E-state index >= 15 is 0 Å². The summed E-state index contributed by atoms with van der Waals surface area (Å²) in [6, 6.07) is 0. The molecule has 104 valence electrons. The summed E-state index contributed by atoms with van der Waals surface area (Å²) >= 11 is 0. The van der Waals surface area contributed by atoms with E-state index in [-0.39, 0.29) is 11.5 Å². The van der Waals surface area contributed by atoms with Gasteiger partial charge in [-0.15, -0.1) is 0 Å². The third-order valence-corrected chi connectivity index (χ3v) is 2.98. The van der Waals surface area contributed by atoms with Crippen LogP contribution in [0.5, 0.6) is 0 Å². The van der Waals surface area contributed by atoms with E-state index in [0.29, 0.717) is 0 Å². The molecule has 0 heterocycles. The standard InChI is InChI=1S/C11H23NO4Si2/c1-9(15-17(3,4)5)10(11(13)14-2)12-16-18(6,7)8/h1H2,2-8H3/b12-10-. The lowest BCUT2D eigenvalue weighted by atomic mass is 10.3. The van der Waals surface area contributed by atoms with E-state index in [4.69, 9.17) is 8.95 Å². The third kappa shape index (κ3) is 7.28. The lowest BCUT2D eigenvalue weighted by Gasteiger charge is -2.21. The maximum atomic E-state index is 11.6. The molecule has 0 aliphatic rings. The maximum absolute atomic E-state index is 11.6. The predicted molar refractivity (Wildman–Crippen MR) is 77.5 cm³/mol. The molecule has 0 aromatic heterocycles. The average molecular weight is 289 g/mol. The highest BCUT2D eigenvalue weighted by Crippen LogP contribution is 2.12. The zero-order valence-corrected chi connectivity index (χ0v) is 14.3. The molecule has 0 rings (SSSR count). The van der Waals surface area contributed by atoms with Gasteiger partial charge in [0.25, 0.3) is 8.32 Å². The summed E-state index contributed by atoms with van der Waals surface area (Å²) in [6.45, 7) is 15.6. The van der Waals surface area contributed by atoms with Crippen LogP contribution in [0.25, 0.3) is 0 Å². The van der Waals surface area contributed by atoms with Gasteiger partial charge in [0.2, 0.25) is 14.0 Å². The molecule has 0 atom stereocenters. The molecule has 0 unspecified atom stereocenters. The van der Waals surface area contributed by atoms with Crippen LogP contribution in [0.2, 0.25) is 39.3 Å². The third-order valence-electron chi connectivity index (χ3n) is 1.48. The molecule has 7 heteroatoms. The van der Waals surface area contributed by atoms with Gasteiger partial charge in [-0.05, 0) is 39.3 Å². The first-order valence-electron chi connectivity index (χ1n) is 5.69. The highest BCUT2D eigenvalue weighted by atomic mass is 28.4. The van der Waals surface area contributed by atoms with Crippen LogP contribution in [0.4, 0.5) is 0 Å². The topological polar surface area (TPSA) is 57.1 Å². The first kappa shape index (κ1) is 16.9. The molecule has 5 nitrogen and oxygen atoms in total. The molecule has 0 saturated carbocycles. The summed E-state index contributed by atoms with van der Waals surface area (Å²) in [6.07, 6.45) is 0. The van der Waals surface area contributed by atoms with Crippen LogP contribution in [0.3, 0.4) is 0 Å². The summed E-state index contributed by atoms with van der Waals surface area (Å²) < 4.78 is 15.6. The van der Waals surface area contributed by atoms with E-state index in [1.54, 1.807) is 0 Å². The van der Waals surface area contributed by atoms with Crippen molar-refractivity contribution >= 4 is 28.3 Å². The largest absolute Gasteiger partial charge is 0.543 e. The van der Waals surface area contributed by atoms with E-state index in [0.717, 1.165) is 0 Å². The fourth-order valence-corrected chi connectivity index (χ4v) is 2.10. The van der Waals surface area contributed by atoms with Crippen molar-refractivity contribution in [2.75, 3.05) is 7.11 Å². The minimum absolute atomic E-state index is 0.00218. The number of methoxy groups -OCH3 is 1. The first-order valence-corrected chi connectivity index (χ1v) is 12.5. The van der Waals surface area contributed by atoms with Crippen molar-refractivity contribution < 1.29 is 18.5 Å². The Labute approximate surface area is 111 Å². The Kier molecular flexibility index (Phi) is 5.82. The second-order valence-corrected chi connectivity index (χ2v) is 14.6. The van der Waals surface area contributed by atoms with Crippen molar-refractivity contribution in [1.29, 1.82) is 0 Å². The molecule has 0 aromatic rings. The molecule has 0 radical (unpaired) electrons. The van der Waals surface area contributed by atoms with Crippen LogP contribution in [0.15, 0.2) is 17.5 Å². The number of hydrogen-bond acceptors (Lipinski definition) is 5. The quantitative estimate of drug-likeness (QED) is 0.248. The van der Waals surface area contributed by atoms with E-state index < -0.39 is 22.6 Å². The molecule has 0 bridgehead atoms. The van der Waals surface area contributed by atoms with Gasteiger partial charge in [-0.25, -0.2) is 4.79 Å². The molecule has 0 amide bonds. The number of rotatable bonds is 6. The normalized spacial score (nSPS) is 12.9. The Hall–Kier alpha value is -1.09. The SMILES string of the molecule is C=C(O[Si](C)(C)C)/C(=N/O[Si](C)(C)C)C(=O)OC. The lowest BCUT2D eigenvalue weighted by molar-refractivity contribution is -0.132. The van der Waals surface area contributed by atoms with Gasteiger partial charge in [-0.1, -0.05) is 11.7 Å². The highest BCUT2D eigenvalue weighted by Gasteiger charge is 2.26. The molecule has 0 N–H and O–H groups in total. The number of carbonyl (C=O) groups excluding carboxylic acids is 1. The van der Waals surface area contributed by atoms with Gasteiger partial charge in [0, 0.05) is 0 Å². The zero-order valence-electron chi connectivity index (χ0n) is 12.3. The molecule has 0 aliphatic carbocycles. The number of nitrogens with zero attached hydrogens (tertiary/aromatic N) is 1. The van der Waals surface area contributed by atoms with Gasteiger partial charge in [0.1, 0.15) is 5.76 Å². The fraction of sp³-hybridized carbons (Fsp3) is 0.636. The molecular weight excluding hydrogens is 266 g/mol. The Balaban J connectivity index is 5.02. The van der Waals surface area contributed by atoms with Crippen LogP contribution >= 0.6 is 0 Å².